The number of aromatic nitrogens is 1. The summed E-state index contributed by atoms with van der Waals surface area (Å²) in [7, 11) is 0. The summed E-state index contributed by atoms with van der Waals surface area (Å²) in [6, 6.07) is 11.3. The van der Waals surface area contributed by atoms with Crippen molar-refractivity contribution < 1.29 is 18.8 Å². The third kappa shape index (κ3) is 3.18. The molecule has 0 saturated carbocycles. The van der Waals surface area contributed by atoms with Gasteiger partial charge in [0.1, 0.15) is 5.76 Å². The Balaban J connectivity index is 1.53. The van der Waals surface area contributed by atoms with E-state index in [2.05, 4.69) is 10.3 Å². The molecule has 3 heterocycles. The SMILES string of the molecule is CC(NC(=O)c1ccc2c(c1)C(=O)N(Cc1ccco1)C2=O)c1ccncc1. The van der Waals surface area contributed by atoms with E-state index in [-0.39, 0.29) is 29.6 Å². The van der Waals surface area contributed by atoms with Crippen molar-refractivity contribution in [1.29, 1.82) is 0 Å². The number of furan rings is 1. The van der Waals surface area contributed by atoms with Crippen LogP contribution < -0.4 is 5.32 Å². The number of pyridine rings is 1. The molecule has 1 aliphatic heterocycles. The van der Waals surface area contributed by atoms with Gasteiger partial charge in [0.05, 0.1) is 30.0 Å². The zero-order valence-corrected chi connectivity index (χ0v) is 15.1. The second kappa shape index (κ2) is 7.11. The van der Waals surface area contributed by atoms with E-state index < -0.39 is 11.8 Å². The van der Waals surface area contributed by atoms with Crippen LogP contribution in [-0.2, 0) is 6.54 Å². The lowest BCUT2D eigenvalue weighted by atomic mass is 10.0. The molecule has 7 heteroatoms. The first-order valence-electron chi connectivity index (χ1n) is 8.78. The van der Waals surface area contributed by atoms with Gasteiger partial charge in [0.2, 0.25) is 0 Å². The van der Waals surface area contributed by atoms with Gasteiger partial charge in [0.15, 0.2) is 0 Å². The van der Waals surface area contributed by atoms with Gasteiger partial charge in [-0.1, -0.05) is 0 Å². The maximum Gasteiger partial charge on any atom is 0.261 e. The largest absolute Gasteiger partial charge is 0.467 e. The van der Waals surface area contributed by atoms with E-state index in [9.17, 15) is 14.4 Å². The van der Waals surface area contributed by atoms with Gasteiger partial charge in [-0.25, -0.2) is 0 Å². The molecule has 0 fully saturated rings. The highest BCUT2D eigenvalue weighted by molar-refractivity contribution is 6.22. The molecule has 3 aromatic rings. The lowest BCUT2D eigenvalue weighted by Crippen LogP contribution is -2.29. The van der Waals surface area contributed by atoms with E-state index in [1.807, 2.05) is 19.1 Å². The van der Waals surface area contributed by atoms with Crippen LogP contribution in [0.25, 0.3) is 0 Å². The van der Waals surface area contributed by atoms with Gasteiger partial charge in [0.25, 0.3) is 17.7 Å². The van der Waals surface area contributed by atoms with Crippen LogP contribution in [0.4, 0.5) is 0 Å². The lowest BCUT2D eigenvalue weighted by Gasteiger charge is -2.14. The van der Waals surface area contributed by atoms with E-state index in [1.54, 1.807) is 30.6 Å². The molecule has 0 radical (unpaired) electrons. The highest BCUT2D eigenvalue weighted by Crippen LogP contribution is 2.26. The Kier molecular flexibility index (Phi) is 4.49. The summed E-state index contributed by atoms with van der Waals surface area (Å²) < 4.78 is 5.22. The quantitative estimate of drug-likeness (QED) is 0.692. The number of imide groups is 1. The smallest absolute Gasteiger partial charge is 0.261 e. The fourth-order valence-electron chi connectivity index (χ4n) is 3.15. The Hall–Kier alpha value is -3.74. The summed E-state index contributed by atoms with van der Waals surface area (Å²) in [5.74, 6) is -0.641. The van der Waals surface area contributed by atoms with Crippen molar-refractivity contribution in [3.05, 3.63) is 89.1 Å². The molecule has 0 bridgehead atoms. The van der Waals surface area contributed by atoms with E-state index in [0.717, 1.165) is 10.5 Å². The molecular weight excluding hydrogens is 358 g/mol. The van der Waals surface area contributed by atoms with Gasteiger partial charge in [-0.15, -0.1) is 0 Å². The van der Waals surface area contributed by atoms with Gasteiger partial charge in [0, 0.05) is 18.0 Å². The van der Waals surface area contributed by atoms with E-state index in [4.69, 9.17) is 4.42 Å². The number of carbonyl (C=O) groups excluding carboxylic acids is 3. The number of hydrogen-bond donors (Lipinski definition) is 1. The highest BCUT2D eigenvalue weighted by atomic mass is 16.3. The third-order valence-corrected chi connectivity index (χ3v) is 4.68. The number of benzene rings is 1. The number of fused-ring (bicyclic) bond motifs is 1. The summed E-state index contributed by atoms with van der Waals surface area (Å²) >= 11 is 0. The molecule has 3 amide bonds. The van der Waals surface area contributed by atoms with Crippen LogP contribution in [0.3, 0.4) is 0 Å². The van der Waals surface area contributed by atoms with Crippen LogP contribution in [0.5, 0.6) is 0 Å². The van der Waals surface area contributed by atoms with Crippen molar-refractivity contribution in [1.82, 2.24) is 15.2 Å². The van der Waals surface area contributed by atoms with E-state index in [0.29, 0.717) is 11.3 Å². The van der Waals surface area contributed by atoms with E-state index >= 15 is 0 Å². The molecule has 1 aliphatic rings. The number of nitrogens with one attached hydrogen (secondary N) is 1. The van der Waals surface area contributed by atoms with Crippen LogP contribution in [0.15, 0.2) is 65.5 Å². The molecule has 1 atom stereocenters. The molecular formula is C21H17N3O4. The number of amides is 3. The van der Waals surface area contributed by atoms with Crippen LogP contribution in [0.1, 0.15) is 55.4 Å². The molecule has 2 aromatic heterocycles. The fraction of sp³-hybridized carbons (Fsp3) is 0.143. The first kappa shape index (κ1) is 17.7. The van der Waals surface area contributed by atoms with Crippen LogP contribution >= 0.6 is 0 Å². The summed E-state index contributed by atoms with van der Waals surface area (Å²) in [6.45, 7) is 1.92. The normalized spacial score (nSPS) is 14.1. The highest BCUT2D eigenvalue weighted by Gasteiger charge is 2.36. The Bertz CT molecular complexity index is 1040. The third-order valence-electron chi connectivity index (χ3n) is 4.68. The molecule has 1 N–H and O–H groups in total. The maximum absolute atomic E-state index is 12.7. The number of rotatable bonds is 5. The Morgan fingerprint density at radius 1 is 1.11 bits per heavy atom. The van der Waals surface area contributed by atoms with Gasteiger partial charge in [-0.3, -0.25) is 24.3 Å². The minimum Gasteiger partial charge on any atom is -0.467 e. The topological polar surface area (TPSA) is 92.5 Å². The van der Waals surface area contributed by atoms with Crippen LogP contribution in [0.2, 0.25) is 0 Å². The van der Waals surface area contributed by atoms with Crippen LogP contribution in [0, 0.1) is 0 Å². The summed E-state index contributed by atoms with van der Waals surface area (Å²) in [4.78, 5) is 42.9. The number of hydrogen-bond acceptors (Lipinski definition) is 5. The van der Waals surface area contributed by atoms with Crippen molar-refractivity contribution in [2.45, 2.75) is 19.5 Å². The first-order valence-corrected chi connectivity index (χ1v) is 8.78. The molecule has 4 rings (SSSR count). The van der Waals surface area contributed by atoms with Crippen molar-refractivity contribution in [3.63, 3.8) is 0 Å². The van der Waals surface area contributed by atoms with Crippen LogP contribution in [-0.4, -0.2) is 27.6 Å². The average Bonchev–Trinajstić information content (AvgIpc) is 3.31. The molecule has 0 saturated heterocycles. The Morgan fingerprint density at radius 2 is 1.86 bits per heavy atom. The molecule has 0 aliphatic carbocycles. The van der Waals surface area contributed by atoms with Gasteiger partial charge in [-0.2, -0.15) is 0 Å². The fourth-order valence-corrected chi connectivity index (χ4v) is 3.15. The maximum atomic E-state index is 12.7. The van der Waals surface area contributed by atoms with Crippen molar-refractivity contribution in [2.24, 2.45) is 0 Å². The average molecular weight is 375 g/mol. The zero-order chi connectivity index (χ0) is 19.7. The standard InChI is InChI=1S/C21H17N3O4/c1-13(14-6-8-22-9-7-14)23-19(25)15-4-5-17-18(11-15)21(27)24(20(17)26)12-16-3-2-10-28-16/h2-11,13H,12H2,1H3,(H,23,25). The minimum atomic E-state index is -0.437. The predicted molar refractivity (Wildman–Crippen MR) is 99.5 cm³/mol. The predicted octanol–water partition coefficient (Wildman–Crippen LogP) is 2.96. The number of nitrogens with zero attached hydrogens (tertiary/aromatic N) is 2. The van der Waals surface area contributed by atoms with Gasteiger partial charge < -0.3 is 9.73 Å². The zero-order valence-electron chi connectivity index (χ0n) is 15.1. The lowest BCUT2D eigenvalue weighted by molar-refractivity contribution is 0.0631. The Labute approximate surface area is 161 Å². The van der Waals surface area contributed by atoms with E-state index in [1.165, 1.54) is 18.4 Å². The molecule has 140 valence electrons. The molecule has 7 nitrogen and oxygen atoms in total. The Morgan fingerprint density at radius 3 is 2.57 bits per heavy atom. The second-order valence-corrected chi connectivity index (χ2v) is 6.51. The first-order chi connectivity index (χ1) is 13.5. The monoisotopic (exact) mass is 375 g/mol. The van der Waals surface area contributed by atoms with Gasteiger partial charge >= 0.3 is 0 Å². The number of carbonyl (C=O) groups is 3. The molecule has 1 unspecified atom stereocenters. The summed E-state index contributed by atoms with van der Waals surface area (Å²) in [5.41, 5.74) is 1.75. The molecule has 28 heavy (non-hydrogen) atoms. The summed E-state index contributed by atoms with van der Waals surface area (Å²) in [6.07, 6.45) is 4.80. The minimum absolute atomic E-state index is 0.0555. The summed E-state index contributed by atoms with van der Waals surface area (Å²) in [5, 5.41) is 2.89. The molecule has 1 aromatic carbocycles. The second-order valence-electron chi connectivity index (χ2n) is 6.51. The van der Waals surface area contributed by atoms with Crippen molar-refractivity contribution >= 4 is 17.7 Å². The molecule has 0 spiro atoms. The van der Waals surface area contributed by atoms with Crippen molar-refractivity contribution in [2.75, 3.05) is 0 Å². The van der Waals surface area contributed by atoms with Gasteiger partial charge in [-0.05, 0) is 55.0 Å². The van der Waals surface area contributed by atoms with Crippen molar-refractivity contribution in [3.8, 4) is 0 Å².